The number of carbonyl (C=O) groups is 1. The fraction of sp³-hybridized carbons (Fsp3) is 0.917. The lowest BCUT2D eigenvalue weighted by Gasteiger charge is -2.34. The Morgan fingerprint density at radius 2 is 2.00 bits per heavy atom. The van der Waals surface area contributed by atoms with Gasteiger partial charge in [0.2, 0.25) is 5.91 Å². The second-order valence-electron chi connectivity index (χ2n) is 5.54. The van der Waals surface area contributed by atoms with Crippen LogP contribution in [0.5, 0.6) is 0 Å². The lowest BCUT2D eigenvalue weighted by atomic mass is 10.1. The maximum absolute atomic E-state index is 11.9. The largest absolute Gasteiger partial charge is 0.351 e. The van der Waals surface area contributed by atoms with Crippen molar-refractivity contribution in [2.45, 2.75) is 38.8 Å². The summed E-state index contributed by atoms with van der Waals surface area (Å²) in [4.78, 5) is 14.2. The van der Waals surface area contributed by atoms with Gasteiger partial charge >= 0.3 is 0 Å². The van der Waals surface area contributed by atoms with Crippen LogP contribution in [0, 0.1) is 0 Å². The first-order chi connectivity index (χ1) is 7.92. The van der Waals surface area contributed by atoms with Crippen molar-refractivity contribution in [2.24, 2.45) is 5.73 Å². The number of nitrogens with two attached hydrogens (primary N) is 1. The van der Waals surface area contributed by atoms with Crippen LogP contribution in [0.1, 0.15) is 27.2 Å². The smallest absolute Gasteiger partial charge is 0.222 e. The van der Waals surface area contributed by atoms with Crippen LogP contribution >= 0.6 is 11.8 Å². The maximum Gasteiger partial charge on any atom is 0.222 e. The second kappa shape index (κ2) is 6.61. The number of carbonyl (C=O) groups excluding carboxylic acids is 1. The van der Waals surface area contributed by atoms with Gasteiger partial charge in [-0.25, -0.2) is 0 Å². The molecule has 0 aromatic carbocycles. The summed E-state index contributed by atoms with van der Waals surface area (Å²) in [5, 5.41) is 3.00. The average molecular weight is 259 g/mol. The average Bonchev–Trinajstić information content (AvgIpc) is 2.24. The van der Waals surface area contributed by atoms with Crippen molar-refractivity contribution in [1.82, 2.24) is 10.2 Å². The summed E-state index contributed by atoms with van der Waals surface area (Å²) in [7, 11) is 0. The van der Waals surface area contributed by atoms with Crippen molar-refractivity contribution in [1.29, 1.82) is 0 Å². The molecule has 3 N–H and O–H groups in total. The summed E-state index contributed by atoms with van der Waals surface area (Å²) < 4.78 is 0. The molecule has 1 aliphatic rings. The summed E-state index contributed by atoms with van der Waals surface area (Å²) in [5.41, 5.74) is 5.63. The highest BCUT2D eigenvalue weighted by molar-refractivity contribution is 7.99. The van der Waals surface area contributed by atoms with Crippen molar-refractivity contribution in [3.63, 3.8) is 0 Å². The summed E-state index contributed by atoms with van der Waals surface area (Å²) in [6.45, 7) is 8.66. The number of rotatable bonds is 4. The van der Waals surface area contributed by atoms with Crippen LogP contribution in [-0.2, 0) is 4.79 Å². The van der Waals surface area contributed by atoms with Crippen LogP contribution in [0.15, 0.2) is 0 Å². The van der Waals surface area contributed by atoms with E-state index in [1.165, 1.54) is 0 Å². The minimum atomic E-state index is -0.159. The van der Waals surface area contributed by atoms with Crippen LogP contribution in [0.4, 0.5) is 0 Å². The molecule has 1 atom stereocenters. The molecule has 1 aliphatic heterocycles. The third-order valence-corrected chi connectivity index (χ3v) is 3.71. The van der Waals surface area contributed by atoms with Crippen molar-refractivity contribution in [3.8, 4) is 0 Å². The van der Waals surface area contributed by atoms with E-state index in [-0.39, 0.29) is 17.5 Å². The Kier molecular flexibility index (Phi) is 5.76. The van der Waals surface area contributed by atoms with E-state index in [1.54, 1.807) is 0 Å². The van der Waals surface area contributed by atoms with Gasteiger partial charge in [-0.2, -0.15) is 11.8 Å². The molecule has 100 valence electrons. The zero-order valence-electron chi connectivity index (χ0n) is 11.2. The Morgan fingerprint density at radius 3 is 2.47 bits per heavy atom. The van der Waals surface area contributed by atoms with E-state index in [0.29, 0.717) is 13.0 Å². The van der Waals surface area contributed by atoms with Gasteiger partial charge in [0, 0.05) is 49.1 Å². The third kappa shape index (κ3) is 5.75. The Labute approximate surface area is 109 Å². The number of nitrogens with one attached hydrogen (secondary N) is 1. The highest BCUT2D eigenvalue weighted by atomic mass is 32.2. The number of thioether (sulfide) groups is 1. The van der Waals surface area contributed by atoms with Gasteiger partial charge < -0.3 is 11.1 Å². The Bertz CT molecular complexity index is 247. The van der Waals surface area contributed by atoms with Gasteiger partial charge in [0.25, 0.3) is 0 Å². The van der Waals surface area contributed by atoms with Crippen LogP contribution in [0.2, 0.25) is 0 Å². The van der Waals surface area contributed by atoms with E-state index in [1.807, 2.05) is 32.5 Å². The molecule has 1 unspecified atom stereocenters. The van der Waals surface area contributed by atoms with Crippen molar-refractivity contribution < 1.29 is 4.79 Å². The molecule has 1 heterocycles. The van der Waals surface area contributed by atoms with Crippen LogP contribution in [0.25, 0.3) is 0 Å². The van der Waals surface area contributed by atoms with Gasteiger partial charge in [-0.3, -0.25) is 9.69 Å². The lowest BCUT2D eigenvalue weighted by molar-refractivity contribution is -0.123. The number of hydrogen-bond donors (Lipinski definition) is 2. The lowest BCUT2D eigenvalue weighted by Crippen LogP contribution is -2.49. The molecule has 5 heteroatoms. The molecule has 0 saturated carbocycles. The minimum absolute atomic E-state index is 0.103. The molecule has 1 rings (SSSR count). The first-order valence-corrected chi connectivity index (χ1v) is 7.41. The topological polar surface area (TPSA) is 58.4 Å². The molecule has 4 nitrogen and oxygen atoms in total. The predicted octanol–water partition coefficient (Wildman–Crippen LogP) is 0.667. The molecular formula is C12H25N3OS. The fourth-order valence-electron chi connectivity index (χ4n) is 1.99. The molecule has 0 aromatic heterocycles. The summed E-state index contributed by atoms with van der Waals surface area (Å²) in [5.74, 6) is 2.40. The van der Waals surface area contributed by atoms with E-state index in [2.05, 4.69) is 10.2 Å². The van der Waals surface area contributed by atoms with Crippen molar-refractivity contribution in [2.75, 3.05) is 31.1 Å². The third-order valence-electron chi connectivity index (χ3n) is 2.77. The molecule has 0 bridgehead atoms. The zero-order chi connectivity index (χ0) is 12.9. The van der Waals surface area contributed by atoms with Crippen molar-refractivity contribution >= 4 is 17.7 Å². The molecule has 0 spiro atoms. The molecule has 0 aromatic rings. The van der Waals surface area contributed by atoms with E-state index in [9.17, 15) is 4.79 Å². The SMILES string of the molecule is CC(C)(C)NC(=O)CC(CN)N1CCSCC1. The highest BCUT2D eigenvalue weighted by Crippen LogP contribution is 2.14. The first kappa shape index (κ1) is 14.8. The highest BCUT2D eigenvalue weighted by Gasteiger charge is 2.23. The van der Waals surface area contributed by atoms with Crippen LogP contribution < -0.4 is 11.1 Å². The maximum atomic E-state index is 11.9. The van der Waals surface area contributed by atoms with Gasteiger partial charge in [0.1, 0.15) is 0 Å². The Balaban J connectivity index is 2.42. The van der Waals surface area contributed by atoms with Gasteiger partial charge in [-0.1, -0.05) is 0 Å². The Hall–Kier alpha value is -0.260. The number of nitrogens with zero attached hydrogens (tertiary/aromatic N) is 1. The summed E-state index contributed by atoms with van der Waals surface area (Å²) in [6, 6.07) is 0.193. The number of amides is 1. The van der Waals surface area contributed by atoms with Crippen molar-refractivity contribution in [3.05, 3.63) is 0 Å². The van der Waals surface area contributed by atoms with E-state index in [4.69, 9.17) is 5.73 Å². The van der Waals surface area contributed by atoms with Gasteiger partial charge in [-0.15, -0.1) is 0 Å². The van der Waals surface area contributed by atoms with Gasteiger partial charge in [0.15, 0.2) is 0 Å². The van der Waals surface area contributed by atoms with Gasteiger partial charge in [-0.05, 0) is 20.8 Å². The second-order valence-corrected chi connectivity index (χ2v) is 6.76. The van der Waals surface area contributed by atoms with E-state index in [0.717, 1.165) is 24.6 Å². The molecule has 17 heavy (non-hydrogen) atoms. The van der Waals surface area contributed by atoms with Crippen LogP contribution in [0.3, 0.4) is 0 Å². The monoisotopic (exact) mass is 259 g/mol. The molecule has 1 saturated heterocycles. The number of hydrogen-bond acceptors (Lipinski definition) is 4. The Morgan fingerprint density at radius 1 is 1.41 bits per heavy atom. The predicted molar refractivity (Wildman–Crippen MR) is 74.3 cm³/mol. The van der Waals surface area contributed by atoms with Crippen LogP contribution in [-0.4, -0.2) is 53.5 Å². The van der Waals surface area contributed by atoms with E-state index < -0.39 is 0 Å². The summed E-state index contributed by atoms with van der Waals surface area (Å²) >= 11 is 1.97. The quantitative estimate of drug-likeness (QED) is 0.779. The molecule has 0 radical (unpaired) electrons. The normalized spacial score (nSPS) is 20.0. The zero-order valence-corrected chi connectivity index (χ0v) is 12.0. The molecule has 1 fully saturated rings. The van der Waals surface area contributed by atoms with Gasteiger partial charge in [0.05, 0.1) is 0 Å². The molecule has 0 aliphatic carbocycles. The standard InChI is InChI=1S/C12H25N3OS/c1-12(2,3)14-11(16)8-10(9-13)15-4-6-17-7-5-15/h10H,4-9,13H2,1-3H3,(H,14,16). The molecule has 1 amide bonds. The summed E-state index contributed by atoms with van der Waals surface area (Å²) in [6.07, 6.45) is 0.512. The van der Waals surface area contributed by atoms with E-state index >= 15 is 0 Å². The minimum Gasteiger partial charge on any atom is -0.351 e. The molecular weight excluding hydrogens is 234 g/mol. The first-order valence-electron chi connectivity index (χ1n) is 6.25. The fourth-order valence-corrected chi connectivity index (χ4v) is 2.92.